The van der Waals surface area contributed by atoms with E-state index in [0.717, 1.165) is 5.56 Å². The van der Waals surface area contributed by atoms with Crippen molar-refractivity contribution in [2.45, 2.75) is 6.54 Å². The molecule has 1 aliphatic rings. The van der Waals surface area contributed by atoms with E-state index >= 15 is 0 Å². The molecule has 0 aliphatic carbocycles. The summed E-state index contributed by atoms with van der Waals surface area (Å²) in [5.74, 6) is -0.617. The van der Waals surface area contributed by atoms with E-state index in [1.54, 1.807) is 12.4 Å². The topological polar surface area (TPSA) is 51.1 Å². The average molecular weight is 226 g/mol. The molecule has 0 saturated carbocycles. The molecule has 1 N–H and O–H groups in total. The zero-order valence-corrected chi connectivity index (χ0v) is 9.01. The van der Waals surface area contributed by atoms with Gasteiger partial charge < -0.3 is 4.57 Å². The Bertz CT molecular complexity index is 568. The van der Waals surface area contributed by atoms with Crippen molar-refractivity contribution >= 4 is 11.8 Å². The normalized spacial score (nSPS) is 13.6. The molecule has 0 atom stereocenters. The van der Waals surface area contributed by atoms with E-state index in [2.05, 4.69) is 5.32 Å². The van der Waals surface area contributed by atoms with Crippen molar-refractivity contribution in [2.75, 3.05) is 0 Å². The number of nitrogens with one attached hydrogen (secondary N) is 1. The Labute approximate surface area is 97.9 Å². The minimum absolute atomic E-state index is 0.309. The van der Waals surface area contributed by atoms with Gasteiger partial charge in [-0.25, -0.2) is 0 Å². The summed E-state index contributed by atoms with van der Waals surface area (Å²) < 4.78 is 1.86. The first-order valence-electron chi connectivity index (χ1n) is 5.33. The number of fused-ring (bicyclic) bond motifs is 1. The Morgan fingerprint density at radius 2 is 1.53 bits per heavy atom. The number of nitrogens with zero attached hydrogens (tertiary/aromatic N) is 1. The van der Waals surface area contributed by atoms with Gasteiger partial charge in [0.2, 0.25) is 0 Å². The highest BCUT2D eigenvalue weighted by Crippen LogP contribution is 2.17. The van der Waals surface area contributed by atoms with E-state index in [-0.39, 0.29) is 11.8 Å². The predicted octanol–water partition coefficient (Wildman–Crippen LogP) is 1.42. The summed E-state index contributed by atoms with van der Waals surface area (Å²) in [7, 11) is 0. The van der Waals surface area contributed by atoms with Gasteiger partial charge in [-0.3, -0.25) is 14.9 Å². The van der Waals surface area contributed by atoms with E-state index in [9.17, 15) is 9.59 Å². The first-order valence-corrected chi connectivity index (χ1v) is 5.33. The molecule has 1 aromatic heterocycles. The Morgan fingerprint density at radius 3 is 2.12 bits per heavy atom. The highest BCUT2D eigenvalue weighted by atomic mass is 16.2. The maximum atomic E-state index is 11.4. The van der Waals surface area contributed by atoms with Crippen LogP contribution < -0.4 is 5.32 Å². The largest absolute Gasteiger partial charge is 0.348 e. The smallest absolute Gasteiger partial charge is 0.260 e. The maximum absolute atomic E-state index is 11.4. The van der Waals surface area contributed by atoms with Crippen LogP contribution in [0.15, 0.2) is 42.7 Å². The molecule has 0 unspecified atom stereocenters. The van der Waals surface area contributed by atoms with Gasteiger partial charge in [-0.05, 0) is 5.56 Å². The molecule has 2 amide bonds. The van der Waals surface area contributed by atoms with Gasteiger partial charge in [0, 0.05) is 18.9 Å². The summed E-state index contributed by atoms with van der Waals surface area (Å²) in [6.07, 6.45) is 3.42. The third-order valence-corrected chi connectivity index (χ3v) is 2.80. The summed E-state index contributed by atoms with van der Waals surface area (Å²) in [4.78, 5) is 22.8. The van der Waals surface area contributed by atoms with E-state index in [0.29, 0.717) is 17.7 Å². The fourth-order valence-corrected chi connectivity index (χ4v) is 1.99. The number of amides is 2. The highest BCUT2D eigenvalue weighted by molar-refractivity contribution is 6.21. The van der Waals surface area contributed by atoms with Gasteiger partial charge in [-0.1, -0.05) is 30.3 Å². The standard InChI is InChI=1S/C13H10N2O2/c16-12-10-7-15(8-11(10)13(17)14-12)6-9-4-2-1-3-5-9/h1-5,7-8H,6H2,(H,14,16,17). The van der Waals surface area contributed by atoms with Crippen LogP contribution in [0, 0.1) is 0 Å². The Hall–Kier alpha value is -2.36. The molecule has 0 spiro atoms. The van der Waals surface area contributed by atoms with Crippen molar-refractivity contribution < 1.29 is 9.59 Å². The van der Waals surface area contributed by atoms with Crippen molar-refractivity contribution in [2.24, 2.45) is 0 Å². The Kier molecular flexibility index (Phi) is 2.08. The van der Waals surface area contributed by atoms with Crippen LogP contribution in [0.2, 0.25) is 0 Å². The lowest BCUT2D eigenvalue weighted by Crippen LogP contribution is -2.21. The molecule has 2 aromatic rings. The zero-order chi connectivity index (χ0) is 11.8. The monoisotopic (exact) mass is 226 g/mol. The summed E-state index contributed by atoms with van der Waals surface area (Å²) in [5.41, 5.74) is 2.06. The average Bonchev–Trinajstić information content (AvgIpc) is 2.83. The second-order valence-corrected chi connectivity index (χ2v) is 4.03. The molecule has 0 fully saturated rings. The number of benzene rings is 1. The molecule has 4 nitrogen and oxygen atoms in total. The van der Waals surface area contributed by atoms with E-state index < -0.39 is 0 Å². The number of aromatic nitrogens is 1. The van der Waals surface area contributed by atoms with Crippen molar-refractivity contribution in [1.29, 1.82) is 0 Å². The lowest BCUT2D eigenvalue weighted by atomic mass is 10.2. The van der Waals surface area contributed by atoms with Crippen LogP contribution >= 0.6 is 0 Å². The SMILES string of the molecule is O=C1NC(=O)c2cn(Cc3ccccc3)cc21. The van der Waals surface area contributed by atoms with Gasteiger partial charge in [0.15, 0.2) is 0 Å². The van der Waals surface area contributed by atoms with Crippen LogP contribution in [0.4, 0.5) is 0 Å². The summed E-state index contributed by atoms with van der Waals surface area (Å²) in [5, 5.41) is 2.26. The molecule has 1 aromatic carbocycles. The minimum Gasteiger partial charge on any atom is -0.348 e. The minimum atomic E-state index is -0.309. The number of carbonyl (C=O) groups is 2. The molecule has 3 rings (SSSR count). The number of carbonyl (C=O) groups excluding carboxylic acids is 2. The van der Waals surface area contributed by atoms with E-state index in [1.165, 1.54) is 0 Å². The molecule has 0 radical (unpaired) electrons. The molecule has 84 valence electrons. The molecule has 0 saturated heterocycles. The number of hydrogen-bond acceptors (Lipinski definition) is 2. The van der Waals surface area contributed by atoms with Gasteiger partial charge in [-0.15, -0.1) is 0 Å². The first-order chi connectivity index (χ1) is 8.24. The summed E-state index contributed by atoms with van der Waals surface area (Å²) in [6.45, 7) is 0.661. The lowest BCUT2D eigenvalue weighted by molar-refractivity contribution is 0.0878. The third-order valence-electron chi connectivity index (χ3n) is 2.80. The Balaban J connectivity index is 1.92. The van der Waals surface area contributed by atoms with Gasteiger partial charge in [0.05, 0.1) is 11.1 Å². The molecule has 4 heteroatoms. The van der Waals surface area contributed by atoms with Crippen LogP contribution in [-0.4, -0.2) is 16.4 Å². The van der Waals surface area contributed by atoms with Crippen molar-refractivity contribution in [3.05, 3.63) is 59.4 Å². The molecule has 1 aliphatic heterocycles. The third kappa shape index (κ3) is 1.63. The van der Waals surface area contributed by atoms with Crippen LogP contribution in [0.25, 0.3) is 0 Å². The molecule has 2 heterocycles. The maximum Gasteiger partial charge on any atom is 0.260 e. The van der Waals surface area contributed by atoms with Crippen molar-refractivity contribution in [1.82, 2.24) is 9.88 Å². The second-order valence-electron chi connectivity index (χ2n) is 4.03. The molecular formula is C13H10N2O2. The predicted molar refractivity (Wildman–Crippen MR) is 61.8 cm³/mol. The fraction of sp³-hybridized carbons (Fsp3) is 0.0769. The zero-order valence-electron chi connectivity index (χ0n) is 9.01. The van der Waals surface area contributed by atoms with E-state index in [4.69, 9.17) is 0 Å². The van der Waals surface area contributed by atoms with Gasteiger partial charge in [0.25, 0.3) is 11.8 Å². The van der Waals surface area contributed by atoms with E-state index in [1.807, 2.05) is 34.9 Å². The van der Waals surface area contributed by atoms with Gasteiger partial charge in [-0.2, -0.15) is 0 Å². The van der Waals surface area contributed by atoms with Crippen molar-refractivity contribution in [3.63, 3.8) is 0 Å². The quantitative estimate of drug-likeness (QED) is 0.787. The highest BCUT2D eigenvalue weighted by Gasteiger charge is 2.28. The molecular weight excluding hydrogens is 216 g/mol. The van der Waals surface area contributed by atoms with Gasteiger partial charge >= 0.3 is 0 Å². The second kappa shape index (κ2) is 3.59. The first kappa shape index (κ1) is 9.84. The number of imide groups is 1. The molecule has 17 heavy (non-hydrogen) atoms. The van der Waals surface area contributed by atoms with Crippen LogP contribution in [0.3, 0.4) is 0 Å². The van der Waals surface area contributed by atoms with Gasteiger partial charge in [0.1, 0.15) is 0 Å². The fourth-order valence-electron chi connectivity index (χ4n) is 1.99. The van der Waals surface area contributed by atoms with Crippen LogP contribution in [0.1, 0.15) is 26.3 Å². The van der Waals surface area contributed by atoms with Crippen molar-refractivity contribution in [3.8, 4) is 0 Å². The number of hydrogen-bond donors (Lipinski definition) is 1. The summed E-state index contributed by atoms with van der Waals surface area (Å²) in [6, 6.07) is 9.89. The molecule has 0 bridgehead atoms. The van der Waals surface area contributed by atoms with Crippen LogP contribution in [0.5, 0.6) is 0 Å². The van der Waals surface area contributed by atoms with Crippen LogP contribution in [-0.2, 0) is 6.54 Å². The Morgan fingerprint density at radius 1 is 0.941 bits per heavy atom. The number of rotatable bonds is 2. The summed E-state index contributed by atoms with van der Waals surface area (Å²) >= 11 is 0. The lowest BCUT2D eigenvalue weighted by Gasteiger charge is -2.02.